The Balaban J connectivity index is -0.000000646. The fourth-order valence-electron chi connectivity index (χ4n) is 9.59. The normalized spacial score (nSPS) is 15.1. The molecule has 124 heavy (non-hydrogen) atoms. The van der Waals surface area contributed by atoms with E-state index in [1.54, 1.807) is 138 Å². The van der Waals surface area contributed by atoms with Crippen molar-refractivity contribution in [3.63, 3.8) is 0 Å². The van der Waals surface area contributed by atoms with Crippen molar-refractivity contribution in [3.05, 3.63) is 108 Å². The van der Waals surface area contributed by atoms with Gasteiger partial charge in [0, 0.05) is 47.1 Å². The van der Waals surface area contributed by atoms with Gasteiger partial charge in [0.2, 0.25) is 110 Å². The summed E-state index contributed by atoms with van der Waals surface area (Å²) < 4.78 is 9.33. The largest absolute Gasteiger partial charge is 0.461 e. The van der Waals surface area contributed by atoms with Gasteiger partial charge in [-0.3, -0.25) is 95.9 Å². The van der Waals surface area contributed by atoms with E-state index in [0.717, 1.165) is 68.3 Å². The number of ketones is 20. The third kappa shape index (κ3) is 48.4. The van der Waals surface area contributed by atoms with E-state index in [4.69, 9.17) is 40.2 Å². The Labute approximate surface area is 733 Å². The van der Waals surface area contributed by atoms with Gasteiger partial charge in [-0.05, 0) is 134 Å². The van der Waals surface area contributed by atoms with Crippen LogP contribution in [0.4, 0.5) is 0 Å². The van der Waals surface area contributed by atoms with Crippen LogP contribution >= 0.6 is 15.9 Å². The van der Waals surface area contributed by atoms with E-state index in [0.29, 0.717) is 56.3 Å². The minimum Gasteiger partial charge on any atom is -0.461 e. The first-order valence-electron chi connectivity index (χ1n) is 41.7. The molecule has 11 atom stereocenters. The highest BCUT2D eigenvalue weighted by Gasteiger charge is 2.39. The van der Waals surface area contributed by atoms with Gasteiger partial charge in [-0.1, -0.05) is 199 Å². The Hall–Kier alpha value is -9.10. The highest BCUT2D eigenvalue weighted by molar-refractivity contribution is 9.09. The number of ether oxygens (including phenoxy) is 1. The number of hydrogen-bond donors (Lipinski definition) is 10. The summed E-state index contributed by atoms with van der Waals surface area (Å²) in [5.41, 5.74) is 1.68. The van der Waals surface area contributed by atoms with Crippen LogP contribution in [0.15, 0.2) is 90.1 Å². The quantitative estimate of drug-likeness (QED) is 0.00649. The molecule has 3 aliphatic rings. The zero-order valence-corrected chi connectivity index (χ0v) is 75.6. The number of aliphatic hydroxyl groups excluding tert-OH is 10. The molecule has 2 heterocycles. The number of epoxide rings is 1. The van der Waals surface area contributed by atoms with E-state index >= 15 is 0 Å². The summed E-state index contributed by atoms with van der Waals surface area (Å²) in [7, 11) is 0. The zero-order chi connectivity index (χ0) is 96.4. The third-order valence-corrected chi connectivity index (χ3v) is 18.9. The number of furan rings is 1. The second-order valence-corrected chi connectivity index (χ2v) is 30.1. The topological polar surface area (TPSA) is 569 Å². The van der Waals surface area contributed by atoms with Gasteiger partial charge < -0.3 is 60.2 Å². The maximum absolute atomic E-state index is 11.5. The molecule has 0 amide bonds. The summed E-state index contributed by atoms with van der Waals surface area (Å²) in [5.74, 6) is -12.8. The van der Waals surface area contributed by atoms with Crippen molar-refractivity contribution in [2.75, 3.05) is 11.9 Å². The molecular formula is C91H131BrO32. The molecular weight excluding hydrogens is 1680 g/mol. The Morgan fingerprint density at radius 2 is 0.718 bits per heavy atom. The van der Waals surface area contributed by atoms with Crippen LogP contribution in [-0.2, 0) is 86.2 Å². The highest BCUT2D eigenvalue weighted by atomic mass is 79.9. The summed E-state index contributed by atoms with van der Waals surface area (Å²) in [5, 5.41) is 91.5. The number of carbonyl (C=O) groups excluding carboxylic acids is 20. The number of aliphatic hydroxyl groups is 10. The second kappa shape index (κ2) is 68.2. The van der Waals surface area contributed by atoms with Crippen LogP contribution in [0, 0.1) is 30.6 Å². The lowest BCUT2D eigenvalue weighted by Gasteiger charge is -2.23. The van der Waals surface area contributed by atoms with Crippen LogP contribution in [0.2, 0.25) is 0 Å². The fraction of sp³-hybridized carbons (Fsp3) is 0.582. The average Bonchev–Trinajstić information content (AvgIpc) is 1.63. The SMILES string of the molecule is C=CC(=O)C(=O)C(O)CC.CCC(O)C(=O)C(=O)C(C)C.CCC(O)C(=O)C(=O)C1CCC1.CCC(O)C(=O)C(=O)C1CCCC1.CCC(O)C(=O)C(=O)C1CO1.CCC(O)C(=O)C(=O)CC(C)C.CCC(O)C(=O)C(=O)CCCCBr.CCC(O)C(=O)C(=O)c1ccc(C)cc1.CCC(O)C(=O)C(=O)c1ccccc1.CCC(O)C(=O)C(=O)c1ccco1. The number of benzene rings is 2. The third-order valence-electron chi connectivity index (χ3n) is 18.3. The lowest BCUT2D eigenvalue weighted by atomic mass is 9.80. The maximum atomic E-state index is 11.5. The summed E-state index contributed by atoms with van der Waals surface area (Å²) >= 11 is 3.23. The lowest BCUT2D eigenvalue weighted by molar-refractivity contribution is -0.145. The molecule has 2 saturated carbocycles. The lowest BCUT2D eigenvalue weighted by Crippen LogP contribution is -2.35. The molecule has 33 heteroatoms. The molecule has 3 fully saturated rings. The number of allylic oxidation sites excluding steroid dienone is 1. The Bertz CT molecular complexity index is 3830. The molecule has 1 aliphatic heterocycles. The average molecular weight is 1820 g/mol. The van der Waals surface area contributed by atoms with Crippen LogP contribution in [0.5, 0.6) is 0 Å². The van der Waals surface area contributed by atoms with Gasteiger partial charge in [0.15, 0.2) is 5.76 Å². The molecule has 6 rings (SSSR count). The minimum absolute atomic E-state index is 0.0301. The minimum atomic E-state index is -1.22. The predicted octanol–water partition coefficient (Wildman–Crippen LogP) is 7.64. The Morgan fingerprint density at radius 3 is 1.04 bits per heavy atom. The number of carbonyl (C=O) groups is 20. The van der Waals surface area contributed by atoms with E-state index in [-0.39, 0.29) is 85.9 Å². The number of aryl methyl sites for hydroxylation is 1. The van der Waals surface area contributed by atoms with Gasteiger partial charge in [-0.15, -0.1) is 0 Å². The van der Waals surface area contributed by atoms with Gasteiger partial charge in [0.05, 0.1) is 12.9 Å². The van der Waals surface area contributed by atoms with E-state index in [1.165, 1.54) is 18.4 Å². The second-order valence-electron chi connectivity index (χ2n) is 29.3. The number of alkyl halides is 1. The zero-order valence-electron chi connectivity index (χ0n) is 74.0. The van der Waals surface area contributed by atoms with Gasteiger partial charge in [-0.25, -0.2) is 0 Å². The van der Waals surface area contributed by atoms with Crippen molar-refractivity contribution in [1.29, 1.82) is 0 Å². The van der Waals surface area contributed by atoms with Crippen LogP contribution < -0.4 is 0 Å². The number of hydrogen-bond acceptors (Lipinski definition) is 32. The molecule has 32 nitrogen and oxygen atoms in total. The predicted molar refractivity (Wildman–Crippen MR) is 459 cm³/mol. The van der Waals surface area contributed by atoms with Gasteiger partial charge in [-0.2, -0.15) is 0 Å². The van der Waals surface area contributed by atoms with E-state index in [9.17, 15) is 111 Å². The molecule has 1 aromatic heterocycles. The van der Waals surface area contributed by atoms with Crippen LogP contribution in [0.3, 0.4) is 0 Å². The Kier molecular flexibility index (Phi) is 66.7. The van der Waals surface area contributed by atoms with Crippen molar-refractivity contribution in [2.45, 2.75) is 306 Å². The van der Waals surface area contributed by atoms with Crippen molar-refractivity contribution < 1.29 is 156 Å². The number of rotatable bonds is 44. The van der Waals surface area contributed by atoms with Gasteiger partial charge in [0.25, 0.3) is 5.78 Å². The molecule has 694 valence electrons. The van der Waals surface area contributed by atoms with Crippen molar-refractivity contribution in [2.24, 2.45) is 23.7 Å². The standard InChI is InChI=1S/C12H14O3.C11H12O3.C10H16O3.C9H15BrO3.C9H10O4.C9H14O3.C9H16O3.C8H14O3.C7H10O4.C7H10O3/c1-3-10(13)12(15)11(14)9-6-4-8(2)5-7-9;1-2-9(12)11(14)10(13)8-6-4-3-5-7-8;1-2-8(11)10(13)9(12)7-5-3-4-6-7;1-2-7(11)9(13)8(12)5-3-4-6-10;1-2-6(10)8(11)9(12)7-4-3-5-13-7;1-2-7(10)9(12)8(11)6-4-3-5-6;1-4-7(10)9(12)8(11)5-6(2)3;1-4-6(9)8(11)7(10)5(2)3;1-2-4(8)6(9)7(10)5-3-11-5;1-3-5(8)7(10)6(9)4-2/h4-7,10,13H,3H2,1-2H3;3-7,9,12H,2H2,1H3;7-8,11H,2-6H2,1H3;7,11H,2-6H2,1H3;3-6,10H,2H2,1H3;6-7,10H,2-5H2,1H3;6-7,10H,4-5H2,1-3H3;5-6,9H,4H2,1-3H3;4-5,8H,2-3H2,1H3;3,6,9H,1,4H2,2H3. The van der Waals surface area contributed by atoms with Crippen LogP contribution in [-0.4, -0.2) is 246 Å². The van der Waals surface area contributed by atoms with E-state index in [2.05, 4.69) is 27.2 Å². The van der Waals surface area contributed by atoms with Crippen molar-refractivity contribution in [1.82, 2.24) is 0 Å². The number of unbranched alkanes of at least 4 members (excludes halogenated alkanes) is 1. The van der Waals surface area contributed by atoms with Crippen molar-refractivity contribution >= 4 is 132 Å². The van der Waals surface area contributed by atoms with E-state index in [1.807, 2.05) is 20.8 Å². The summed E-state index contributed by atoms with van der Waals surface area (Å²) in [4.78, 5) is 222. The summed E-state index contributed by atoms with van der Waals surface area (Å²) in [6.07, 6.45) is 1.61. The van der Waals surface area contributed by atoms with Crippen molar-refractivity contribution in [3.8, 4) is 0 Å². The summed E-state index contributed by atoms with van der Waals surface area (Å²) in [6, 6.07) is 17.9. The number of Topliss-reactive ketones (excluding diaryl/α,β-unsaturated/α-hetero) is 19. The van der Waals surface area contributed by atoms with Crippen LogP contribution in [0.1, 0.15) is 269 Å². The van der Waals surface area contributed by atoms with Gasteiger partial charge in [0.1, 0.15) is 67.1 Å². The first-order chi connectivity index (χ1) is 58.1. The first-order valence-corrected chi connectivity index (χ1v) is 42.8. The van der Waals surface area contributed by atoms with E-state index < -0.39 is 171 Å². The molecule has 10 N–H and O–H groups in total. The molecule has 1 saturated heterocycles. The van der Waals surface area contributed by atoms with Gasteiger partial charge >= 0.3 is 0 Å². The molecule has 0 radical (unpaired) electrons. The highest BCUT2D eigenvalue weighted by Crippen LogP contribution is 2.28. The first kappa shape index (κ1) is 121. The van der Waals surface area contributed by atoms with Crippen LogP contribution in [0.25, 0.3) is 0 Å². The smallest absolute Gasteiger partial charge is 0.266 e. The number of halogens is 1. The maximum Gasteiger partial charge on any atom is 0.266 e. The molecule has 0 bridgehead atoms. The fourth-order valence-corrected chi connectivity index (χ4v) is 9.98. The molecule has 2 aliphatic carbocycles. The molecule has 0 spiro atoms. The molecule has 2 aromatic carbocycles. The summed E-state index contributed by atoms with van der Waals surface area (Å²) in [6.45, 7) is 28.9. The monoisotopic (exact) mass is 1810 g/mol. The Morgan fingerprint density at radius 1 is 0.387 bits per heavy atom. The molecule has 11 unspecified atom stereocenters. The molecule has 3 aromatic rings.